The number of aromatic carboxylic acids is 1. The molecule has 8 nitrogen and oxygen atoms in total. The number of carbonyl (C=O) groups is 4. The van der Waals surface area contributed by atoms with E-state index in [0.29, 0.717) is 0 Å². The Kier molecular flexibility index (Phi) is 3.83. The molecule has 0 radical (unpaired) electrons. The first-order valence-corrected chi connectivity index (χ1v) is 5.79. The molecule has 4 amide bonds. The van der Waals surface area contributed by atoms with Gasteiger partial charge in [-0.05, 0) is 12.1 Å². The third-order valence-electron chi connectivity index (χ3n) is 2.70. The first-order chi connectivity index (χ1) is 9.88. The Morgan fingerprint density at radius 3 is 2.43 bits per heavy atom. The highest BCUT2D eigenvalue weighted by Crippen LogP contribution is 2.19. The molecule has 1 heterocycles. The summed E-state index contributed by atoms with van der Waals surface area (Å²) in [6, 6.07) is 2.50. The van der Waals surface area contributed by atoms with Crippen molar-refractivity contribution < 1.29 is 28.7 Å². The lowest BCUT2D eigenvalue weighted by Crippen LogP contribution is -2.54. The van der Waals surface area contributed by atoms with Crippen LogP contribution in [0.3, 0.4) is 0 Å². The number of halogens is 1. The number of hydrogen-bond donors (Lipinski definition) is 3. The van der Waals surface area contributed by atoms with Gasteiger partial charge in [-0.25, -0.2) is 14.0 Å². The van der Waals surface area contributed by atoms with Crippen LogP contribution in [-0.2, 0) is 9.59 Å². The van der Waals surface area contributed by atoms with Crippen molar-refractivity contribution in [1.82, 2.24) is 10.2 Å². The fourth-order valence-corrected chi connectivity index (χ4v) is 1.82. The Bertz CT molecular complexity index is 630. The summed E-state index contributed by atoms with van der Waals surface area (Å²) < 4.78 is 13.5. The van der Waals surface area contributed by atoms with Crippen LogP contribution in [0, 0.1) is 5.82 Å². The molecule has 21 heavy (non-hydrogen) atoms. The number of benzene rings is 1. The van der Waals surface area contributed by atoms with Gasteiger partial charge in [0.05, 0.1) is 5.69 Å². The average Bonchev–Trinajstić information content (AvgIpc) is 2.37. The topological polar surface area (TPSA) is 116 Å². The highest BCUT2D eigenvalue weighted by molar-refractivity contribution is 6.05. The maximum Gasteiger partial charge on any atom is 0.340 e. The molecule has 0 atom stereocenters. The number of anilines is 1. The van der Waals surface area contributed by atoms with Gasteiger partial charge < -0.3 is 15.3 Å². The van der Waals surface area contributed by atoms with Gasteiger partial charge in [0.15, 0.2) is 0 Å². The molecule has 0 spiro atoms. The molecular formula is C12H10FN3O5. The molecule has 0 aromatic heterocycles. The van der Waals surface area contributed by atoms with E-state index >= 15 is 0 Å². The first kappa shape index (κ1) is 14.4. The quantitative estimate of drug-likeness (QED) is 0.665. The predicted molar refractivity (Wildman–Crippen MR) is 67.1 cm³/mol. The van der Waals surface area contributed by atoms with E-state index in [-0.39, 0.29) is 18.8 Å². The number of carboxylic acids is 1. The van der Waals surface area contributed by atoms with Gasteiger partial charge in [-0.2, -0.15) is 0 Å². The normalized spacial score (nSPS) is 14.6. The van der Waals surface area contributed by atoms with Crippen LogP contribution in [0.4, 0.5) is 14.9 Å². The van der Waals surface area contributed by atoms with Gasteiger partial charge in [0.25, 0.3) is 0 Å². The number of carbonyl (C=O) groups excluding carboxylic acids is 3. The maximum atomic E-state index is 13.5. The van der Waals surface area contributed by atoms with Gasteiger partial charge in [-0.1, -0.05) is 6.07 Å². The maximum absolute atomic E-state index is 13.5. The van der Waals surface area contributed by atoms with Crippen molar-refractivity contribution >= 4 is 29.5 Å². The van der Waals surface area contributed by atoms with Crippen LogP contribution >= 0.6 is 0 Å². The molecule has 1 aromatic rings. The second-order valence-electron chi connectivity index (χ2n) is 4.23. The Balaban J connectivity index is 2.20. The standard InChI is InChI=1S/C12H10FN3O5/c13-6-2-1-3-7(10(6)11(19)20)14-12(21)16-4-8(17)15-9(18)5-16/h1-3H,4-5H2,(H,14,21)(H,19,20)(H,15,17,18). The number of urea groups is 1. The summed E-state index contributed by atoms with van der Waals surface area (Å²) >= 11 is 0. The molecule has 0 bridgehead atoms. The lowest BCUT2D eigenvalue weighted by Gasteiger charge is -2.25. The van der Waals surface area contributed by atoms with E-state index in [2.05, 4.69) is 5.32 Å². The van der Waals surface area contributed by atoms with Gasteiger partial charge in [0.2, 0.25) is 11.8 Å². The smallest absolute Gasteiger partial charge is 0.340 e. The SMILES string of the molecule is O=C1CN(C(=O)Nc2cccc(F)c2C(=O)O)CC(=O)N1. The summed E-state index contributed by atoms with van der Waals surface area (Å²) in [6.45, 7) is -0.704. The molecule has 3 N–H and O–H groups in total. The van der Waals surface area contributed by atoms with E-state index < -0.39 is 35.2 Å². The van der Waals surface area contributed by atoms with Gasteiger partial charge in [-0.3, -0.25) is 14.9 Å². The summed E-state index contributed by atoms with van der Waals surface area (Å²) in [4.78, 5) is 46.1. The van der Waals surface area contributed by atoms with E-state index in [9.17, 15) is 23.6 Å². The Morgan fingerprint density at radius 2 is 1.86 bits per heavy atom. The zero-order valence-electron chi connectivity index (χ0n) is 10.6. The number of imide groups is 1. The molecule has 9 heteroatoms. The second kappa shape index (κ2) is 5.57. The fourth-order valence-electron chi connectivity index (χ4n) is 1.82. The molecule has 110 valence electrons. The van der Waals surface area contributed by atoms with E-state index in [0.717, 1.165) is 11.0 Å². The molecule has 0 saturated carbocycles. The summed E-state index contributed by atoms with van der Waals surface area (Å²) in [5, 5.41) is 13.1. The highest BCUT2D eigenvalue weighted by atomic mass is 19.1. The number of nitrogens with zero attached hydrogens (tertiary/aromatic N) is 1. The Labute approximate surface area is 117 Å². The van der Waals surface area contributed by atoms with Gasteiger partial charge in [0, 0.05) is 0 Å². The number of amides is 4. The van der Waals surface area contributed by atoms with Crippen molar-refractivity contribution in [3.8, 4) is 0 Å². The van der Waals surface area contributed by atoms with Crippen molar-refractivity contribution in [3.63, 3.8) is 0 Å². The van der Waals surface area contributed by atoms with Crippen molar-refractivity contribution in [2.45, 2.75) is 0 Å². The number of rotatable bonds is 2. The van der Waals surface area contributed by atoms with Crippen LogP contribution in [0.25, 0.3) is 0 Å². The van der Waals surface area contributed by atoms with Crippen molar-refractivity contribution in [1.29, 1.82) is 0 Å². The highest BCUT2D eigenvalue weighted by Gasteiger charge is 2.27. The molecule has 1 aliphatic heterocycles. The molecule has 0 unspecified atom stereocenters. The largest absolute Gasteiger partial charge is 0.478 e. The number of hydrogen-bond acceptors (Lipinski definition) is 4. The number of carboxylic acid groups (broad SMARTS) is 1. The summed E-state index contributed by atoms with van der Waals surface area (Å²) in [7, 11) is 0. The lowest BCUT2D eigenvalue weighted by molar-refractivity contribution is -0.134. The Morgan fingerprint density at radius 1 is 1.24 bits per heavy atom. The van der Waals surface area contributed by atoms with Crippen molar-refractivity contribution in [2.75, 3.05) is 18.4 Å². The summed E-state index contributed by atoms with van der Waals surface area (Å²) in [6.07, 6.45) is 0. The van der Waals surface area contributed by atoms with Crippen LogP contribution in [0.5, 0.6) is 0 Å². The van der Waals surface area contributed by atoms with E-state index in [1.54, 1.807) is 0 Å². The van der Waals surface area contributed by atoms with Crippen molar-refractivity contribution in [3.05, 3.63) is 29.6 Å². The van der Waals surface area contributed by atoms with Gasteiger partial charge in [-0.15, -0.1) is 0 Å². The lowest BCUT2D eigenvalue weighted by atomic mass is 10.1. The van der Waals surface area contributed by atoms with Crippen LogP contribution in [0.15, 0.2) is 18.2 Å². The van der Waals surface area contributed by atoms with E-state index in [1.165, 1.54) is 12.1 Å². The predicted octanol–water partition coefficient (Wildman–Crippen LogP) is 0.0142. The molecule has 1 saturated heterocycles. The number of piperazine rings is 1. The third-order valence-corrected chi connectivity index (χ3v) is 2.70. The molecule has 1 aliphatic rings. The fraction of sp³-hybridized carbons (Fsp3) is 0.167. The minimum absolute atomic E-state index is 0.258. The first-order valence-electron chi connectivity index (χ1n) is 5.79. The molecule has 0 aliphatic carbocycles. The minimum atomic E-state index is -1.55. The van der Waals surface area contributed by atoms with Crippen LogP contribution in [-0.4, -0.2) is 46.9 Å². The van der Waals surface area contributed by atoms with Crippen LogP contribution in [0.2, 0.25) is 0 Å². The monoisotopic (exact) mass is 295 g/mol. The molecule has 2 rings (SSSR count). The zero-order chi connectivity index (χ0) is 15.6. The minimum Gasteiger partial charge on any atom is -0.478 e. The van der Waals surface area contributed by atoms with E-state index in [1.807, 2.05) is 5.32 Å². The summed E-state index contributed by atoms with van der Waals surface area (Å²) in [5.41, 5.74) is -0.954. The van der Waals surface area contributed by atoms with Crippen LogP contribution in [0.1, 0.15) is 10.4 Å². The third kappa shape index (κ3) is 3.14. The average molecular weight is 295 g/mol. The van der Waals surface area contributed by atoms with Crippen LogP contribution < -0.4 is 10.6 Å². The molecule has 1 aromatic carbocycles. The second-order valence-corrected chi connectivity index (χ2v) is 4.23. The molecular weight excluding hydrogens is 285 g/mol. The molecule has 1 fully saturated rings. The van der Waals surface area contributed by atoms with Gasteiger partial charge >= 0.3 is 12.0 Å². The summed E-state index contributed by atoms with van der Waals surface area (Å²) in [5.74, 6) is -3.86. The number of nitrogens with one attached hydrogen (secondary N) is 2. The van der Waals surface area contributed by atoms with E-state index in [4.69, 9.17) is 5.11 Å². The van der Waals surface area contributed by atoms with Crippen molar-refractivity contribution in [2.24, 2.45) is 0 Å². The zero-order valence-corrected chi connectivity index (χ0v) is 10.6. The van der Waals surface area contributed by atoms with Gasteiger partial charge in [0.1, 0.15) is 24.5 Å². The Hall–Kier alpha value is -2.97.